The van der Waals surface area contributed by atoms with Crippen LogP contribution in [0.4, 0.5) is 0 Å². The molecule has 1 fully saturated rings. The highest BCUT2D eigenvalue weighted by molar-refractivity contribution is 6.07. The molecule has 3 N–H and O–H groups in total. The molecule has 0 radical (unpaired) electrons. The zero-order valence-electron chi connectivity index (χ0n) is 21.6. The molecule has 1 amide bonds. The van der Waals surface area contributed by atoms with E-state index in [4.69, 9.17) is 14.6 Å². The summed E-state index contributed by atoms with van der Waals surface area (Å²) in [6.07, 6.45) is 6.21. The summed E-state index contributed by atoms with van der Waals surface area (Å²) in [6, 6.07) is 3.77. The minimum atomic E-state index is -1.08. The fraction of sp³-hybridized carbons (Fsp3) is 0.500. The van der Waals surface area contributed by atoms with Crippen molar-refractivity contribution >= 4 is 11.6 Å². The molecule has 3 unspecified atom stereocenters. The van der Waals surface area contributed by atoms with Crippen LogP contribution >= 0.6 is 0 Å². The lowest BCUT2D eigenvalue weighted by Gasteiger charge is -2.59. The second kappa shape index (κ2) is 7.70. The van der Waals surface area contributed by atoms with Crippen LogP contribution in [0.5, 0.6) is 5.75 Å². The Balaban J connectivity index is 1.58. The van der Waals surface area contributed by atoms with Crippen molar-refractivity contribution in [2.75, 3.05) is 33.4 Å². The number of hydrogen-bond acceptors (Lipinski definition) is 7. The molecule has 1 spiro atoms. The highest BCUT2D eigenvalue weighted by Crippen LogP contribution is 2.62. The number of hydrogen-bond donors (Lipinski definition) is 3. The molecular formula is C28H34N4O4. The summed E-state index contributed by atoms with van der Waals surface area (Å²) in [5.41, 5.74) is 4.59. The molecule has 1 saturated heterocycles. The zero-order valence-corrected chi connectivity index (χ0v) is 21.6. The maximum atomic E-state index is 12.5. The first-order valence-corrected chi connectivity index (χ1v) is 12.7. The molecule has 8 heteroatoms. The number of benzene rings is 1. The molecular weight excluding hydrogens is 456 g/mol. The number of morpholine rings is 1. The third kappa shape index (κ3) is 2.94. The van der Waals surface area contributed by atoms with Gasteiger partial charge in [-0.05, 0) is 36.6 Å². The Bertz CT molecular complexity index is 1290. The summed E-state index contributed by atoms with van der Waals surface area (Å²) < 4.78 is 12.6. The van der Waals surface area contributed by atoms with Crippen LogP contribution in [-0.2, 0) is 11.2 Å². The maximum Gasteiger partial charge on any atom is 0.254 e. The first-order valence-electron chi connectivity index (χ1n) is 12.7. The first-order chi connectivity index (χ1) is 17.1. The van der Waals surface area contributed by atoms with Crippen molar-refractivity contribution in [3.63, 3.8) is 0 Å². The molecule has 190 valence electrons. The van der Waals surface area contributed by atoms with Gasteiger partial charge in [0.25, 0.3) is 5.91 Å². The minimum absolute atomic E-state index is 0.277. The number of rotatable bonds is 2. The second-order valence-electron chi connectivity index (χ2n) is 11.1. The van der Waals surface area contributed by atoms with Crippen LogP contribution in [0.3, 0.4) is 0 Å². The number of hydrazone groups is 1. The number of fused-ring (bicyclic) bond motifs is 3. The SMILES string of the molecule is CNC1=CC23Oc4c(ccc5c4C(O)NC5=O)CC2(C)C(C)=CC=C3C(C)(C)C1=NN1CCOCC1. The monoisotopic (exact) mass is 490 g/mol. The Labute approximate surface area is 211 Å². The highest BCUT2D eigenvalue weighted by atomic mass is 16.5. The van der Waals surface area contributed by atoms with E-state index in [-0.39, 0.29) is 11.3 Å². The van der Waals surface area contributed by atoms with E-state index in [1.54, 1.807) is 6.07 Å². The molecule has 1 aromatic carbocycles. The molecule has 2 aliphatic carbocycles. The number of nitrogens with zero attached hydrogens (tertiary/aromatic N) is 2. The van der Waals surface area contributed by atoms with Crippen molar-refractivity contribution in [3.8, 4) is 5.75 Å². The van der Waals surface area contributed by atoms with Crippen molar-refractivity contribution < 1.29 is 19.4 Å². The number of aliphatic hydroxyl groups is 1. The lowest BCUT2D eigenvalue weighted by Crippen LogP contribution is -2.63. The zero-order chi connectivity index (χ0) is 25.5. The van der Waals surface area contributed by atoms with E-state index in [0.717, 1.165) is 42.1 Å². The average Bonchev–Trinajstić information content (AvgIpc) is 3.14. The van der Waals surface area contributed by atoms with Gasteiger partial charge < -0.3 is 25.2 Å². The molecule has 3 atom stereocenters. The Morgan fingerprint density at radius 1 is 1.19 bits per heavy atom. The van der Waals surface area contributed by atoms with Gasteiger partial charge in [-0.1, -0.05) is 44.6 Å². The lowest BCUT2D eigenvalue weighted by molar-refractivity contribution is 0.00595. The van der Waals surface area contributed by atoms with E-state index < -0.39 is 17.2 Å². The van der Waals surface area contributed by atoms with Gasteiger partial charge in [-0.3, -0.25) is 9.80 Å². The molecule has 5 aliphatic rings. The average molecular weight is 491 g/mol. The van der Waals surface area contributed by atoms with Gasteiger partial charge in [-0.2, -0.15) is 5.10 Å². The molecule has 0 aromatic heterocycles. The second-order valence-corrected chi connectivity index (χ2v) is 11.1. The van der Waals surface area contributed by atoms with Crippen molar-refractivity contribution in [2.24, 2.45) is 15.9 Å². The lowest BCUT2D eigenvalue weighted by atomic mass is 9.51. The fourth-order valence-corrected chi connectivity index (χ4v) is 6.57. The van der Waals surface area contributed by atoms with E-state index in [9.17, 15) is 9.90 Å². The minimum Gasteiger partial charge on any atom is -0.477 e. The van der Waals surface area contributed by atoms with Gasteiger partial charge in [0.1, 0.15) is 5.75 Å². The molecule has 36 heavy (non-hydrogen) atoms. The Morgan fingerprint density at radius 3 is 2.67 bits per heavy atom. The molecule has 1 aromatic rings. The number of carbonyl (C=O) groups is 1. The number of allylic oxidation sites excluding steroid dienone is 3. The van der Waals surface area contributed by atoms with Crippen LogP contribution in [0.1, 0.15) is 55.4 Å². The van der Waals surface area contributed by atoms with Crippen LogP contribution < -0.4 is 15.4 Å². The largest absolute Gasteiger partial charge is 0.477 e. The smallest absolute Gasteiger partial charge is 0.254 e. The van der Waals surface area contributed by atoms with Crippen molar-refractivity contribution in [2.45, 2.75) is 45.9 Å². The van der Waals surface area contributed by atoms with Crippen molar-refractivity contribution in [1.82, 2.24) is 15.6 Å². The maximum absolute atomic E-state index is 12.5. The third-order valence-corrected chi connectivity index (χ3v) is 8.83. The number of carbonyl (C=O) groups excluding carboxylic acids is 1. The summed E-state index contributed by atoms with van der Waals surface area (Å²) in [5.74, 6) is 0.327. The quantitative estimate of drug-likeness (QED) is 0.590. The molecule has 0 bridgehead atoms. The van der Waals surface area contributed by atoms with Crippen LogP contribution in [0, 0.1) is 10.8 Å². The van der Waals surface area contributed by atoms with Gasteiger partial charge in [0.05, 0.1) is 48.8 Å². The third-order valence-electron chi connectivity index (χ3n) is 8.83. The summed E-state index contributed by atoms with van der Waals surface area (Å²) in [5, 5.41) is 24.0. The molecule has 6 rings (SSSR count). The van der Waals surface area contributed by atoms with Crippen LogP contribution in [-0.4, -0.2) is 60.7 Å². The van der Waals surface area contributed by atoms with Crippen LogP contribution in [0.15, 0.2) is 52.3 Å². The predicted octanol–water partition coefficient (Wildman–Crippen LogP) is 2.82. The first kappa shape index (κ1) is 23.3. The molecule has 8 nitrogen and oxygen atoms in total. The van der Waals surface area contributed by atoms with E-state index in [2.05, 4.69) is 61.6 Å². The Hall–Kier alpha value is -3.10. The summed E-state index contributed by atoms with van der Waals surface area (Å²) in [6.45, 7) is 11.7. The van der Waals surface area contributed by atoms with Gasteiger partial charge in [0.2, 0.25) is 0 Å². The van der Waals surface area contributed by atoms with Gasteiger partial charge >= 0.3 is 0 Å². The van der Waals surface area contributed by atoms with Gasteiger partial charge in [0.15, 0.2) is 11.8 Å². The summed E-state index contributed by atoms with van der Waals surface area (Å²) >= 11 is 0. The summed E-state index contributed by atoms with van der Waals surface area (Å²) in [7, 11) is 1.92. The van der Waals surface area contributed by atoms with Crippen LogP contribution in [0.25, 0.3) is 0 Å². The summed E-state index contributed by atoms with van der Waals surface area (Å²) in [4.78, 5) is 12.5. The predicted molar refractivity (Wildman–Crippen MR) is 137 cm³/mol. The fourth-order valence-electron chi connectivity index (χ4n) is 6.57. The van der Waals surface area contributed by atoms with Gasteiger partial charge in [-0.15, -0.1) is 0 Å². The van der Waals surface area contributed by atoms with Crippen LogP contribution in [0.2, 0.25) is 0 Å². The highest BCUT2D eigenvalue weighted by Gasteiger charge is 2.63. The normalized spacial score (nSPS) is 33.2. The van der Waals surface area contributed by atoms with Crippen molar-refractivity contribution in [1.29, 1.82) is 0 Å². The number of nitrogens with one attached hydrogen (secondary N) is 2. The topological polar surface area (TPSA) is 95.4 Å². The van der Waals surface area contributed by atoms with E-state index in [1.165, 1.54) is 5.57 Å². The number of amides is 1. The molecule has 3 aliphatic heterocycles. The number of ether oxygens (including phenoxy) is 2. The van der Waals surface area contributed by atoms with E-state index >= 15 is 0 Å². The molecule has 0 saturated carbocycles. The Morgan fingerprint density at radius 2 is 1.94 bits per heavy atom. The van der Waals surface area contributed by atoms with Crippen molar-refractivity contribution in [3.05, 3.63) is 63.9 Å². The Kier molecular flexibility index (Phi) is 4.98. The van der Waals surface area contributed by atoms with Gasteiger partial charge in [0, 0.05) is 17.9 Å². The standard InChI is InChI=1S/C28H34N4O4/c1-16-6-9-20-26(2,3)23(31-32-10-12-35-13-11-32)19(29-5)15-28(20)27(16,4)14-17-7-8-18-21(22(17)36-28)25(34)30-24(18)33/h6-9,15,25,29,34H,10-14H2,1-5H3,(H,30,33). The van der Waals surface area contributed by atoms with E-state index in [0.29, 0.717) is 30.1 Å². The van der Waals surface area contributed by atoms with Gasteiger partial charge in [-0.25, -0.2) is 0 Å². The van der Waals surface area contributed by atoms with E-state index in [1.807, 2.05) is 13.1 Å². The molecule has 3 heterocycles. The number of aliphatic hydroxyl groups excluding tert-OH is 1.